The summed E-state index contributed by atoms with van der Waals surface area (Å²) in [5, 5.41) is 9.00. The van der Waals surface area contributed by atoms with Gasteiger partial charge in [-0.3, -0.25) is 14.4 Å². The largest absolute Gasteiger partial charge is 0.495 e. The lowest BCUT2D eigenvalue weighted by molar-refractivity contribution is -0.146. The van der Waals surface area contributed by atoms with Gasteiger partial charge in [0.1, 0.15) is 12.3 Å². The van der Waals surface area contributed by atoms with Crippen LogP contribution in [-0.4, -0.2) is 68.3 Å². The Kier molecular flexibility index (Phi) is 6.35. The summed E-state index contributed by atoms with van der Waals surface area (Å²) >= 11 is 0. The highest BCUT2D eigenvalue weighted by atomic mass is 16.5. The molecule has 1 heterocycles. The Morgan fingerprint density at radius 3 is 2.68 bits per heavy atom. The number of carboxylic acid groups (broad SMARTS) is 1. The van der Waals surface area contributed by atoms with E-state index in [2.05, 4.69) is 0 Å². The lowest BCUT2D eigenvalue weighted by atomic mass is 10.1. The van der Waals surface area contributed by atoms with Gasteiger partial charge in [0, 0.05) is 26.6 Å². The number of ether oxygens (including phenoxy) is 2. The molecule has 2 rings (SSSR count). The van der Waals surface area contributed by atoms with Gasteiger partial charge in [-0.1, -0.05) is 12.1 Å². The van der Waals surface area contributed by atoms with Crippen molar-refractivity contribution in [1.29, 1.82) is 0 Å². The van der Waals surface area contributed by atoms with Crippen LogP contribution in [0.2, 0.25) is 0 Å². The molecule has 1 aromatic rings. The molecule has 1 fully saturated rings. The third-order valence-corrected chi connectivity index (χ3v) is 4.05. The smallest absolute Gasteiger partial charge is 0.323 e. The first-order valence-corrected chi connectivity index (χ1v) is 7.90. The molecular weight excluding hydrogens is 328 g/mol. The Morgan fingerprint density at radius 2 is 2.04 bits per heavy atom. The summed E-state index contributed by atoms with van der Waals surface area (Å²) in [6.07, 6.45) is 0.0416. The van der Waals surface area contributed by atoms with Crippen molar-refractivity contribution in [3.8, 4) is 5.75 Å². The molecule has 1 aliphatic heterocycles. The number of para-hydroxylation sites is 2. The van der Waals surface area contributed by atoms with Crippen LogP contribution in [0.5, 0.6) is 5.75 Å². The fourth-order valence-corrected chi connectivity index (χ4v) is 2.85. The number of carbonyl (C=O) groups is 3. The molecule has 25 heavy (non-hydrogen) atoms. The molecule has 0 aliphatic carbocycles. The van der Waals surface area contributed by atoms with Crippen LogP contribution in [0, 0.1) is 5.92 Å². The number of aliphatic carboxylic acids is 1. The van der Waals surface area contributed by atoms with Crippen LogP contribution >= 0.6 is 0 Å². The minimum absolute atomic E-state index is 0.0416. The summed E-state index contributed by atoms with van der Waals surface area (Å²) in [7, 11) is 2.99. The van der Waals surface area contributed by atoms with Crippen molar-refractivity contribution in [3.05, 3.63) is 24.3 Å². The second kappa shape index (κ2) is 8.48. The van der Waals surface area contributed by atoms with E-state index in [9.17, 15) is 14.4 Å². The molecule has 1 aliphatic rings. The molecule has 1 atom stereocenters. The molecule has 0 saturated carbocycles. The summed E-state index contributed by atoms with van der Waals surface area (Å²) in [5.41, 5.74) is 0.604. The molecule has 1 aromatic carbocycles. The van der Waals surface area contributed by atoms with Crippen molar-refractivity contribution >= 4 is 23.5 Å². The first-order valence-electron chi connectivity index (χ1n) is 7.90. The van der Waals surface area contributed by atoms with Gasteiger partial charge >= 0.3 is 5.97 Å². The molecule has 0 unspecified atom stereocenters. The Labute approximate surface area is 145 Å². The zero-order chi connectivity index (χ0) is 18.4. The maximum Gasteiger partial charge on any atom is 0.323 e. The zero-order valence-electron chi connectivity index (χ0n) is 14.3. The van der Waals surface area contributed by atoms with Crippen molar-refractivity contribution in [2.24, 2.45) is 5.92 Å². The van der Waals surface area contributed by atoms with Gasteiger partial charge in [-0.05, 0) is 12.1 Å². The Balaban J connectivity index is 2.14. The number of carboxylic acids is 1. The number of methoxy groups -OCH3 is 2. The van der Waals surface area contributed by atoms with E-state index in [-0.39, 0.29) is 37.9 Å². The Bertz CT molecular complexity index is 648. The molecule has 1 N–H and O–H groups in total. The van der Waals surface area contributed by atoms with Gasteiger partial charge in [-0.25, -0.2) is 0 Å². The minimum atomic E-state index is -1.10. The van der Waals surface area contributed by atoms with E-state index < -0.39 is 18.4 Å². The number of rotatable bonds is 8. The van der Waals surface area contributed by atoms with Crippen molar-refractivity contribution in [2.75, 3.05) is 45.4 Å². The summed E-state index contributed by atoms with van der Waals surface area (Å²) in [5.74, 6) is -1.69. The molecule has 0 aromatic heterocycles. The monoisotopic (exact) mass is 350 g/mol. The van der Waals surface area contributed by atoms with E-state index in [4.69, 9.17) is 14.6 Å². The number of anilines is 1. The van der Waals surface area contributed by atoms with Gasteiger partial charge in [0.2, 0.25) is 11.8 Å². The van der Waals surface area contributed by atoms with E-state index in [0.29, 0.717) is 11.4 Å². The van der Waals surface area contributed by atoms with Crippen LogP contribution in [0.4, 0.5) is 5.69 Å². The van der Waals surface area contributed by atoms with E-state index in [1.165, 1.54) is 24.0 Å². The van der Waals surface area contributed by atoms with E-state index >= 15 is 0 Å². The predicted octanol–water partition coefficient (Wildman–Crippen LogP) is 0.608. The number of carbonyl (C=O) groups excluding carboxylic acids is 2. The van der Waals surface area contributed by atoms with Crippen LogP contribution in [0.3, 0.4) is 0 Å². The molecule has 8 nitrogen and oxygen atoms in total. The van der Waals surface area contributed by atoms with Gasteiger partial charge < -0.3 is 24.4 Å². The summed E-state index contributed by atoms with van der Waals surface area (Å²) in [6, 6.07) is 7.08. The summed E-state index contributed by atoms with van der Waals surface area (Å²) in [6.45, 7) is 0.180. The number of hydrogen-bond donors (Lipinski definition) is 1. The topological polar surface area (TPSA) is 96.4 Å². The Morgan fingerprint density at radius 1 is 1.32 bits per heavy atom. The first kappa shape index (κ1) is 18.7. The van der Waals surface area contributed by atoms with Crippen molar-refractivity contribution in [1.82, 2.24) is 4.90 Å². The quantitative estimate of drug-likeness (QED) is 0.738. The highest BCUT2D eigenvalue weighted by molar-refractivity contribution is 6.01. The predicted molar refractivity (Wildman–Crippen MR) is 89.5 cm³/mol. The van der Waals surface area contributed by atoms with Gasteiger partial charge in [0.15, 0.2) is 0 Å². The molecule has 0 spiro atoms. The average molecular weight is 350 g/mol. The molecule has 0 radical (unpaired) electrons. The van der Waals surface area contributed by atoms with Gasteiger partial charge in [-0.2, -0.15) is 0 Å². The van der Waals surface area contributed by atoms with Gasteiger partial charge in [0.25, 0.3) is 0 Å². The molecule has 0 bridgehead atoms. The highest BCUT2D eigenvalue weighted by Gasteiger charge is 2.38. The van der Waals surface area contributed by atoms with Crippen LogP contribution < -0.4 is 9.64 Å². The van der Waals surface area contributed by atoms with E-state index in [1.54, 1.807) is 24.3 Å². The van der Waals surface area contributed by atoms with Gasteiger partial charge in [0.05, 0.1) is 25.3 Å². The minimum Gasteiger partial charge on any atom is -0.495 e. The van der Waals surface area contributed by atoms with E-state index in [0.717, 1.165) is 0 Å². The standard InChI is InChI=1S/C17H22N2O6/c1-24-8-7-18(11-16(21)22)17(23)12-9-15(20)19(10-12)13-5-3-4-6-14(13)25-2/h3-6,12H,7-11H2,1-2H3,(H,21,22)/t12-/m0/s1. The number of nitrogens with zero attached hydrogens (tertiary/aromatic N) is 2. The third kappa shape index (κ3) is 4.48. The lowest BCUT2D eigenvalue weighted by Gasteiger charge is -2.24. The second-order valence-electron chi connectivity index (χ2n) is 5.72. The van der Waals surface area contributed by atoms with Crippen LogP contribution in [0.15, 0.2) is 24.3 Å². The molecular formula is C17H22N2O6. The maximum absolute atomic E-state index is 12.7. The highest BCUT2D eigenvalue weighted by Crippen LogP contribution is 2.33. The number of amides is 2. The number of benzene rings is 1. The Hall–Kier alpha value is -2.61. The van der Waals surface area contributed by atoms with Crippen molar-refractivity contribution in [3.63, 3.8) is 0 Å². The molecule has 1 saturated heterocycles. The number of hydrogen-bond acceptors (Lipinski definition) is 5. The van der Waals surface area contributed by atoms with Crippen LogP contribution in [0.25, 0.3) is 0 Å². The third-order valence-electron chi connectivity index (χ3n) is 4.05. The lowest BCUT2D eigenvalue weighted by Crippen LogP contribution is -2.42. The maximum atomic E-state index is 12.7. The van der Waals surface area contributed by atoms with Crippen molar-refractivity contribution in [2.45, 2.75) is 6.42 Å². The molecule has 2 amide bonds. The van der Waals surface area contributed by atoms with Crippen LogP contribution in [-0.2, 0) is 19.1 Å². The summed E-state index contributed by atoms with van der Waals surface area (Å²) in [4.78, 5) is 38.8. The van der Waals surface area contributed by atoms with E-state index in [1.807, 2.05) is 0 Å². The molecule has 136 valence electrons. The van der Waals surface area contributed by atoms with Gasteiger partial charge in [-0.15, -0.1) is 0 Å². The summed E-state index contributed by atoms with van der Waals surface area (Å²) < 4.78 is 10.2. The fourth-order valence-electron chi connectivity index (χ4n) is 2.85. The van der Waals surface area contributed by atoms with Crippen molar-refractivity contribution < 1.29 is 29.0 Å². The SMILES string of the molecule is COCCN(CC(=O)O)C(=O)[C@H]1CC(=O)N(c2ccccc2OC)C1. The van der Waals surface area contributed by atoms with Crippen LogP contribution in [0.1, 0.15) is 6.42 Å². The molecule has 8 heteroatoms. The normalized spacial score (nSPS) is 16.8. The average Bonchev–Trinajstić information content (AvgIpc) is 2.99. The zero-order valence-corrected chi connectivity index (χ0v) is 14.3. The first-order chi connectivity index (χ1) is 12.0. The second-order valence-corrected chi connectivity index (χ2v) is 5.72. The fraction of sp³-hybridized carbons (Fsp3) is 0.471.